The van der Waals surface area contributed by atoms with Gasteiger partial charge in [0.15, 0.2) is 0 Å². The highest BCUT2D eigenvalue weighted by Crippen LogP contribution is 2.37. The molecular formula is C29H41F3N4O2. The molecule has 0 spiro atoms. The number of alkyl halides is 3. The summed E-state index contributed by atoms with van der Waals surface area (Å²) < 4.78 is 49.0. The van der Waals surface area contributed by atoms with Crippen molar-refractivity contribution in [3.8, 4) is 11.1 Å². The predicted octanol–water partition coefficient (Wildman–Crippen LogP) is 6.60. The fourth-order valence-corrected chi connectivity index (χ4v) is 5.40. The Bertz CT molecular complexity index is 1110. The van der Waals surface area contributed by atoms with E-state index in [1.165, 1.54) is 6.42 Å². The number of nitrogens with zero attached hydrogens (tertiary/aromatic N) is 2. The van der Waals surface area contributed by atoms with Crippen LogP contribution < -0.4 is 10.6 Å². The van der Waals surface area contributed by atoms with E-state index in [0.717, 1.165) is 56.7 Å². The Morgan fingerprint density at radius 2 is 1.74 bits per heavy atom. The maximum absolute atomic E-state index is 13.9. The van der Waals surface area contributed by atoms with Crippen LogP contribution in [0.15, 0.2) is 18.2 Å². The summed E-state index contributed by atoms with van der Waals surface area (Å²) in [4.78, 5) is 17.2. The lowest BCUT2D eigenvalue weighted by atomic mass is 9.85. The number of aromatic nitrogens is 2. The van der Waals surface area contributed by atoms with E-state index in [2.05, 4.69) is 15.6 Å². The van der Waals surface area contributed by atoms with Crippen LogP contribution >= 0.6 is 0 Å². The van der Waals surface area contributed by atoms with Crippen molar-refractivity contribution in [3.63, 3.8) is 0 Å². The van der Waals surface area contributed by atoms with E-state index in [9.17, 15) is 18.0 Å². The van der Waals surface area contributed by atoms with E-state index in [-0.39, 0.29) is 23.2 Å². The fraction of sp³-hybridized carbons (Fsp3) is 0.655. The van der Waals surface area contributed by atoms with Crippen LogP contribution in [0.3, 0.4) is 0 Å². The maximum atomic E-state index is 13.9. The van der Waals surface area contributed by atoms with Gasteiger partial charge < -0.3 is 19.9 Å². The van der Waals surface area contributed by atoms with E-state index in [4.69, 9.17) is 4.74 Å². The molecule has 6 nitrogen and oxygen atoms in total. The summed E-state index contributed by atoms with van der Waals surface area (Å²) in [5.74, 6) is 0.432. The van der Waals surface area contributed by atoms with Gasteiger partial charge in [0.1, 0.15) is 17.2 Å². The van der Waals surface area contributed by atoms with Gasteiger partial charge in [0.2, 0.25) is 0 Å². The van der Waals surface area contributed by atoms with Crippen LogP contribution in [0.5, 0.6) is 0 Å². The van der Waals surface area contributed by atoms with Gasteiger partial charge in [0.05, 0.1) is 0 Å². The molecule has 2 aromatic rings. The Labute approximate surface area is 223 Å². The third-order valence-corrected chi connectivity index (χ3v) is 7.58. The number of anilines is 1. The van der Waals surface area contributed by atoms with Crippen molar-refractivity contribution in [2.75, 3.05) is 25.1 Å². The Hall–Kier alpha value is -2.55. The average Bonchev–Trinajstić information content (AvgIpc) is 3.19. The van der Waals surface area contributed by atoms with Crippen LogP contribution in [0.4, 0.5) is 19.0 Å². The second-order valence-electron chi connectivity index (χ2n) is 12.1. The van der Waals surface area contributed by atoms with Crippen molar-refractivity contribution in [2.45, 2.75) is 84.4 Å². The van der Waals surface area contributed by atoms with Gasteiger partial charge in [0, 0.05) is 44.1 Å². The van der Waals surface area contributed by atoms with Crippen molar-refractivity contribution in [2.24, 2.45) is 18.4 Å². The summed E-state index contributed by atoms with van der Waals surface area (Å²) in [6.07, 6.45) is 3.37. The minimum Gasteiger partial charge on any atom is -0.381 e. The monoisotopic (exact) mass is 534 g/mol. The van der Waals surface area contributed by atoms with Crippen LogP contribution in [-0.2, 0) is 24.4 Å². The molecule has 2 fully saturated rings. The zero-order chi connectivity index (χ0) is 27.5. The quantitative estimate of drug-likeness (QED) is 0.420. The van der Waals surface area contributed by atoms with Crippen molar-refractivity contribution in [3.05, 3.63) is 35.3 Å². The van der Waals surface area contributed by atoms with Gasteiger partial charge in [0.25, 0.3) is 5.91 Å². The molecule has 0 unspecified atom stereocenters. The first kappa shape index (κ1) is 28.5. The van der Waals surface area contributed by atoms with Crippen LogP contribution in [0.2, 0.25) is 0 Å². The number of rotatable bonds is 7. The normalized spacial score (nSPS) is 18.0. The summed E-state index contributed by atoms with van der Waals surface area (Å²) >= 11 is 0. The molecule has 0 aromatic carbocycles. The molecule has 38 heavy (non-hydrogen) atoms. The minimum atomic E-state index is -4.59. The summed E-state index contributed by atoms with van der Waals surface area (Å²) in [6.45, 7) is 7.73. The lowest BCUT2D eigenvalue weighted by Crippen LogP contribution is -2.39. The van der Waals surface area contributed by atoms with Crippen LogP contribution in [0.1, 0.15) is 87.6 Å². The first-order valence-electron chi connectivity index (χ1n) is 13.8. The smallest absolute Gasteiger partial charge is 0.381 e. The molecule has 1 aliphatic heterocycles. The second kappa shape index (κ2) is 11.7. The molecule has 9 heteroatoms. The molecular weight excluding hydrogens is 493 g/mol. The van der Waals surface area contributed by atoms with Crippen LogP contribution in [-0.4, -0.2) is 41.3 Å². The molecule has 0 radical (unpaired) electrons. The van der Waals surface area contributed by atoms with Crippen LogP contribution in [0.25, 0.3) is 11.1 Å². The van der Waals surface area contributed by atoms with Gasteiger partial charge in [-0.2, -0.15) is 13.2 Å². The number of halogens is 3. The molecule has 1 saturated carbocycles. The lowest BCUT2D eigenvalue weighted by molar-refractivity contribution is -0.141. The summed E-state index contributed by atoms with van der Waals surface area (Å²) in [7, 11) is 1.85. The van der Waals surface area contributed by atoms with Gasteiger partial charge in [-0.05, 0) is 54.4 Å². The van der Waals surface area contributed by atoms with E-state index in [1.807, 2.05) is 32.4 Å². The highest BCUT2D eigenvalue weighted by Gasteiger charge is 2.34. The Morgan fingerprint density at radius 3 is 2.37 bits per heavy atom. The number of nitrogens with one attached hydrogen (secondary N) is 2. The standard InChI is InChI=1S/C29H41F3N4O2/c1-28(2,3)18-33-26-16-20(15-25(35-26)29(30,31)32)22-17-24(27(37)34-21-10-12-38-13-11-21)36(4)23(22)14-19-8-6-5-7-9-19/h15-17,19,21H,5-14,18H2,1-4H3,(H,33,35)(H,34,37). The minimum absolute atomic E-state index is 0.0300. The maximum Gasteiger partial charge on any atom is 0.433 e. The number of amides is 1. The van der Waals surface area contributed by atoms with Crippen molar-refractivity contribution in [1.82, 2.24) is 14.9 Å². The molecule has 1 saturated heterocycles. The van der Waals surface area contributed by atoms with Crippen molar-refractivity contribution in [1.29, 1.82) is 0 Å². The second-order valence-corrected chi connectivity index (χ2v) is 12.1. The number of ether oxygens (including phenoxy) is 1. The summed E-state index contributed by atoms with van der Waals surface area (Å²) in [5.41, 5.74) is 1.39. The highest BCUT2D eigenvalue weighted by atomic mass is 19.4. The Morgan fingerprint density at radius 1 is 1.05 bits per heavy atom. The molecule has 1 amide bonds. The molecule has 1 aliphatic carbocycles. The Kier molecular flexibility index (Phi) is 8.75. The molecule has 4 rings (SSSR count). The largest absolute Gasteiger partial charge is 0.433 e. The third kappa shape index (κ3) is 7.30. The number of hydrogen-bond acceptors (Lipinski definition) is 4. The number of carbonyl (C=O) groups excluding carboxylic acids is 1. The topological polar surface area (TPSA) is 68.2 Å². The molecule has 0 bridgehead atoms. The van der Waals surface area contributed by atoms with E-state index in [0.29, 0.717) is 42.5 Å². The molecule has 0 atom stereocenters. The highest BCUT2D eigenvalue weighted by molar-refractivity contribution is 5.95. The number of pyridine rings is 1. The van der Waals surface area contributed by atoms with Gasteiger partial charge in [-0.25, -0.2) is 4.98 Å². The van der Waals surface area contributed by atoms with E-state index in [1.54, 1.807) is 12.1 Å². The third-order valence-electron chi connectivity index (χ3n) is 7.58. The first-order chi connectivity index (χ1) is 17.9. The van der Waals surface area contributed by atoms with Gasteiger partial charge in [-0.15, -0.1) is 0 Å². The van der Waals surface area contributed by atoms with Gasteiger partial charge in [-0.3, -0.25) is 4.79 Å². The molecule has 3 heterocycles. The predicted molar refractivity (Wildman–Crippen MR) is 143 cm³/mol. The van der Waals surface area contributed by atoms with Crippen molar-refractivity contribution < 1.29 is 22.7 Å². The summed E-state index contributed by atoms with van der Waals surface area (Å²) in [6, 6.07) is 4.58. The summed E-state index contributed by atoms with van der Waals surface area (Å²) in [5, 5.41) is 6.21. The Balaban J connectivity index is 1.75. The molecule has 2 N–H and O–H groups in total. The fourth-order valence-electron chi connectivity index (χ4n) is 5.40. The van der Waals surface area contributed by atoms with Gasteiger partial charge >= 0.3 is 6.18 Å². The average molecular weight is 535 g/mol. The van der Waals surface area contributed by atoms with Crippen LogP contribution in [0, 0.1) is 11.3 Å². The number of hydrogen-bond donors (Lipinski definition) is 2. The lowest BCUT2D eigenvalue weighted by Gasteiger charge is -2.24. The number of carbonyl (C=O) groups is 1. The molecule has 210 valence electrons. The van der Waals surface area contributed by atoms with E-state index < -0.39 is 11.9 Å². The zero-order valence-corrected chi connectivity index (χ0v) is 23.0. The van der Waals surface area contributed by atoms with Crippen molar-refractivity contribution >= 4 is 11.7 Å². The molecule has 2 aliphatic rings. The first-order valence-corrected chi connectivity index (χ1v) is 13.8. The van der Waals surface area contributed by atoms with Gasteiger partial charge in [-0.1, -0.05) is 52.9 Å². The SMILES string of the molecule is Cn1c(C(=O)NC2CCOCC2)cc(-c2cc(NCC(C)(C)C)nc(C(F)(F)F)c2)c1CC1CCCCC1. The zero-order valence-electron chi connectivity index (χ0n) is 23.0. The van der Waals surface area contributed by atoms with E-state index >= 15 is 0 Å². The molecule has 2 aromatic heterocycles.